The summed E-state index contributed by atoms with van der Waals surface area (Å²) < 4.78 is 1.90. The molecule has 5 rings (SSSR count). The highest BCUT2D eigenvalue weighted by atomic mass is 16.3. The number of hydrogen-bond acceptors (Lipinski definition) is 4. The summed E-state index contributed by atoms with van der Waals surface area (Å²) >= 11 is 0. The van der Waals surface area contributed by atoms with Crippen LogP contribution in [0.15, 0.2) is 18.2 Å². The summed E-state index contributed by atoms with van der Waals surface area (Å²) in [4.78, 5) is 34.7. The van der Waals surface area contributed by atoms with Gasteiger partial charge in [0.1, 0.15) is 6.54 Å². The largest absolute Gasteiger partial charge is 0.393 e. The van der Waals surface area contributed by atoms with E-state index in [2.05, 4.69) is 25.1 Å². The first kappa shape index (κ1) is 22.1. The molecule has 1 saturated heterocycles. The lowest BCUT2D eigenvalue weighted by atomic mass is 9.91. The van der Waals surface area contributed by atoms with Gasteiger partial charge in [0.05, 0.1) is 17.1 Å². The molecule has 0 unspecified atom stereocenters. The lowest BCUT2D eigenvalue weighted by molar-refractivity contribution is -0.138. The second kappa shape index (κ2) is 8.60. The van der Waals surface area contributed by atoms with E-state index in [0.717, 1.165) is 47.9 Å². The van der Waals surface area contributed by atoms with E-state index in [-0.39, 0.29) is 30.5 Å². The van der Waals surface area contributed by atoms with Gasteiger partial charge < -0.3 is 19.5 Å². The number of hydrogen-bond donors (Lipinski definition) is 1. The second-order valence-electron chi connectivity index (χ2n) is 9.95. The Balaban J connectivity index is 1.40. The first-order valence-electron chi connectivity index (χ1n) is 12.3. The molecule has 2 amide bonds. The molecule has 2 saturated carbocycles. The van der Waals surface area contributed by atoms with Gasteiger partial charge in [0, 0.05) is 31.7 Å². The maximum atomic E-state index is 13.5. The van der Waals surface area contributed by atoms with Crippen molar-refractivity contribution in [3.05, 3.63) is 35.2 Å². The molecule has 7 heteroatoms. The molecule has 1 aliphatic heterocycles. The highest BCUT2D eigenvalue weighted by molar-refractivity contribution is 5.99. The Morgan fingerprint density at radius 3 is 2.48 bits per heavy atom. The van der Waals surface area contributed by atoms with Gasteiger partial charge in [-0.25, -0.2) is 4.98 Å². The monoisotopic (exact) mass is 450 g/mol. The number of aliphatic hydroxyl groups is 1. The van der Waals surface area contributed by atoms with Crippen LogP contribution in [0.3, 0.4) is 0 Å². The van der Waals surface area contributed by atoms with Crippen molar-refractivity contribution in [1.29, 1.82) is 0 Å². The van der Waals surface area contributed by atoms with E-state index in [1.165, 1.54) is 18.4 Å². The molecule has 2 aliphatic carbocycles. The third-order valence-corrected chi connectivity index (χ3v) is 7.76. The zero-order valence-corrected chi connectivity index (χ0v) is 19.9. The highest BCUT2D eigenvalue weighted by Crippen LogP contribution is 2.42. The maximum absolute atomic E-state index is 13.5. The Labute approximate surface area is 195 Å². The van der Waals surface area contributed by atoms with Gasteiger partial charge in [0.15, 0.2) is 5.82 Å². The minimum absolute atomic E-state index is 0.00350. The predicted octanol–water partition coefficient (Wildman–Crippen LogP) is 3.46. The van der Waals surface area contributed by atoms with Gasteiger partial charge in [-0.15, -0.1) is 0 Å². The summed E-state index contributed by atoms with van der Waals surface area (Å²) in [6.07, 6.45) is 7.44. The molecule has 0 spiro atoms. The van der Waals surface area contributed by atoms with E-state index in [1.54, 1.807) is 4.90 Å². The summed E-state index contributed by atoms with van der Waals surface area (Å²) in [6, 6.07) is 4.60. The van der Waals surface area contributed by atoms with Crippen molar-refractivity contribution in [2.75, 3.05) is 19.6 Å². The zero-order chi connectivity index (χ0) is 23.3. The van der Waals surface area contributed by atoms with Crippen LogP contribution < -0.4 is 0 Å². The fourth-order valence-corrected chi connectivity index (χ4v) is 5.37. The highest BCUT2D eigenvalue weighted by Gasteiger charge is 2.35. The van der Waals surface area contributed by atoms with Crippen LogP contribution in [0, 0.1) is 0 Å². The van der Waals surface area contributed by atoms with E-state index >= 15 is 0 Å². The van der Waals surface area contributed by atoms with Crippen molar-refractivity contribution in [1.82, 2.24) is 19.4 Å². The Morgan fingerprint density at radius 2 is 1.85 bits per heavy atom. The number of fused-ring (bicyclic) bond motifs is 1. The standard InChI is InChI=1S/C26H34N4O3/c1-4-16(2)21-13-18(17-5-6-17)14-22-24(21)27-25(28(22)3)26(33)29-11-12-30(23(32)15-29)19-7-9-20(31)10-8-19/h4,13-14,17,19-20,31H,5-12,15H2,1-3H3. The number of allylic oxidation sites excluding steroid dienone is 2. The number of aryl methyl sites for hydroxylation is 1. The minimum Gasteiger partial charge on any atom is -0.393 e. The first-order chi connectivity index (χ1) is 15.9. The van der Waals surface area contributed by atoms with Gasteiger partial charge in [-0.05, 0) is 81.6 Å². The molecule has 7 nitrogen and oxygen atoms in total. The van der Waals surface area contributed by atoms with Crippen LogP contribution in [-0.2, 0) is 11.8 Å². The lowest BCUT2D eigenvalue weighted by Crippen LogP contribution is -2.56. The van der Waals surface area contributed by atoms with Gasteiger partial charge in [-0.2, -0.15) is 0 Å². The van der Waals surface area contributed by atoms with Crippen LogP contribution in [0.1, 0.15) is 80.0 Å². The van der Waals surface area contributed by atoms with Crippen molar-refractivity contribution < 1.29 is 14.7 Å². The number of benzene rings is 1. The molecule has 176 valence electrons. The molecular weight excluding hydrogens is 416 g/mol. The number of imidazole rings is 1. The van der Waals surface area contributed by atoms with Crippen LogP contribution >= 0.6 is 0 Å². The third kappa shape index (κ3) is 4.07. The fourth-order valence-electron chi connectivity index (χ4n) is 5.37. The zero-order valence-electron chi connectivity index (χ0n) is 19.9. The molecular formula is C26H34N4O3. The molecule has 33 heavy (non-hydrogen) atoms. The van der Waals surface area contributed by atoms with E-state index < -0.39 is 0 Å². The summed E-state index contributed by atoms with van der Waals surface area (Å²) in [5.41, 5.74) is 5.39. The summed E-state index contributed by atoms with van der Waals surface area (Å²) in [5.74, 6) is 0.817. The lowest BCUT2D eigenvalue weighted by Gasteiger charge is -2.41. The summed E-state index contributed by atoms with van der Waals surface area (Å²) in [7, 11) is 1.90. The first-order valence-corrected chi connectivity index (χ1v) is 12.3. The van der Waals surface area contributed by atoms with Crippen LogP contribution in [0.5, 0.6) is 0 Å². The quantitative estimate of drug-likeness (QED) is 0.774. The van der Waals surface area contributed by atoms with Crippen LogP contribution in [0.4, 0.5) is 0 Å². The minimum atomic E-state index is -0.242. The normalized spacial score (nSPS) is 24.6. The van der Waals surface area contributed by atoms with E-state index in [9.17, 15) is 14.7 Å². The van der Waals surface area contributed by atoms with Crippen molar-refractivity contribution in [2.45, 2.75) is 70.4 Å². The fraction of sp³-hybridized carbons (Fsp3) is 0.577. The molecule has 0 bridgehead atoms. The number of piperazine rings is 1. The number of carbonyl (C=O) groups is 2. The average Bonchev–Trinajstić information content (AvgIpc) is 3.62. The maximum Gasteiger partial charge on any atom is 0.290 e. The van der Waals surface area contributed by atoms with E-state index in [1.807, 2.05) is 23.4 Å². The topological polar surface area (TPSA) is 78.7 Å². The molecule has 3 fully saturated rings. The number of aromatic nitrogens is 2. The third-order valence-electron chi connectivity index (χ3n) is 7.76. The molecule has 1 aromatic heterocycles. The Hall–Kier alpha value is -2.67. The van der Waals surface area contributed by atoms with Crippen molar-refractivity contribution in [2.24, 2.45) is 7.05 Å². The van der Waals surface area contributed by atoms with Crippen LogP contribution in [0.2, 0.25) is 0 Å². The SMILES string of the molecule is CC=C(C)c1cc(C2CC2)cc2c1nc(C(=O)N1CCN(C3CCC(O)CC3)C(=O)C1)n2C. The van der Waals surface area contributed by atoms with Crippen molar-refractivity contribution in [3.63, 3.8) is 0 Å². The van der Waals surface area contributed by atoms with Gasteiger partial charge in [-0.3, -0.25) is 9.59 Å². The van der Waals surface area contributed by atoms with Crippen LogP contribution in [0.25, 0.3) is 16.6 Å². The molecule has 2 aromatic rings. The summed E-state index contributed by atoms with van der Waals surface area (Å²) in [5, 5.41) is 9.77. The number of carbonyl (C=O) groups excluding carboxylic acids is 2. The van der Waals surface area contributed by atoms with Gasteiger partial charge in [-0.1, -0.05) is 6.08 Å². The molecule has 1 aromatic carbocycles. The predicted molar refractivity (Wildman–Crippen MR) is 128 cm³/mol. The number of nitrogens with zero attached hydrogens (tertiary/aromatic N) is 4. The Kier molecular flexibility index (Phi) is 5.77. The van der Waals surface area contributed by atoms with E-state index in [0.29, 0.717) is 24.8 Å². The molecule has 1 N–H and O–H groups in total. The van der Waals surface area contributed by atoms with Gasteiger partial charge >= 0.3 is 0 Å². The van der Waals surface area contributed by atoms with Gasteiger partial charge in [0.2, 0.25) is 5.91 Å². The molecule has 0 atom stereocenters. The van der Waals surface area contributed by atoms with Crippen LogP contribution in [-0.4, -0.2) is 68.1 Å². The second-order valence-corrected chi connectivity index (χ2v) is 9.95. The average molecular weight is 451 g/mol. The molecule has 3 aliphatic rings. The smallest absolute Gasteiger partial charge is 0.290 e. The number of rotatable bonds is 4. The summed E-state index contributed by atoms with van der Waals surface area (Å²) in [6.45, 7) is 5.27. The molecule has 0 radical (unpaired) electrons. The number of aliphatic hydroxyl groups excluding tert-OH is 1. The van der Waals surface area contributed by atoms with Crippen molar-refractivity contribution >= 4 is 28.4 Å². The number of amides is 2. The van der Waals surface area contributed by atoms with E-state index in [4.69, 9.17) is 4.98 Å². The molecule has 2 heterocycles. The Morgan fingerprint density at radius 1 is 1.12 bits per heavy atom. The van der Waals surface area contributed by atoms with Gasteiger partial charge in [0.25, 0.3) is 5.91 Å². The Bertz CT molecular complexity index is 1120. The van der Waals surface area contributed by atoms with Crippen molar-refractivity contribution in [3.8, 4) is 0 Å².